The summed E-state index contributed by atoms with van der Waals surface area (Å²) < 4.78 is 6.85. The number of hydrogen-bond donors (Lipinski definition) is 0. The second kappa shape index (κ2) is 7.98. The molecule has 0 saturated carbocycles. The predicted octanol–water partition coefficient (Wildman–Crippen LogP) is 3.98. The van der Waals surface area contributed by atoms with Crippen LogP contribution in [0.5, 0.6) is 5.75 Å². The van der Waals surface area contributed by atoms with E-state index in [1.807, 2.05) is 38.1 Å². The first-order valence-corrected chi connectivity index (χ1v) is 10.3. The lowest BCUT2D eigenvalue weighted by Crippen LogP contribution is -2.41. The molecule has 4 rings (SSSR count). The van der Waals surface area contributed by atoms with Crippen LogP contribution in [-0.2, 0) is 6.54 Å². The molecular weight excluding hydrogens is 390 g/mol. The summed E-state index contributed by atoms with van der Waals surface area (Å²) in [5, 5.41) is 14.5. The van der Waals surface area contributed by atoms with Gasteiger partial charge in [0.25, 0.3) is 5.91 Å². The zero-order chi connectivity index (χ0) is 22.2. The van der Waals surface area contributed by atoms with Gasteiger partial charge in [-0.2, -0.15) is 5.10 Å². The second-order valence-corrected chi connectivity index (χ2v) is 8.68. The third kappa shape index (κ3) is 4.35. The number of hydrazone groups is 1. The summed E-state index contributed by atoms with van der Waals surface area (Å²) >= 11 is 0. The topological polar surface area (TPSA) is 72.6 Å². The molecule has 7 heteroatoms. The van der Waals surface area contributed by atoms with Gasteiger partial charge < -0.3 is 4.74 Å². The van der Waals surface area contributed by atoms with Crippen molar-refractivity contribution in [2.45, 2.75) is 46.2 Å². The second-order valence-electron chi connectivity index (χ2n) is 8.68. The van der Waals surface area contributed by atoms with E-state index in [0.29, 0.717) is 13.0 Å². The van der Waals surface area contributed by atoms with E-state index in [9.17, 15) is 4.79 Å². The highest BCUT2D eigenvalue weighted by molar-refractivity contribution is 6.05. The molecule has 0 atom stereocenters. The Labute approximate surface area is 182 Å². The highest BCUT2D eigenvalue weighted by Crippen LogP contribution is 2.31. The molecule has 7 nitrogen and oxygen atoms in total. The van der Waals surface area contributed by atoms with Crippen molar-refractivity contribution in [2.75, 3.05) is 7.11 Å². The van der Waals surface area contributed by atoms with Crippen molar-refractivity contribution in [1.29, 1.82) is 0 Å². The fraction of sp³-hybridized carbons (Fsp3) is 0.333. The largest absolute Gasteiger partial charge is 0.497 e. The van der Waals surface area contributed by atoms with E-state index in [1.54, 1.807) is 23.0 Å². The molecule has 1 aliphatic heterocycles. The van der Waals surface area contributed by atoms with Gasteiger partial charge in [0.05, 0.1) is 31.1 Å². The average Bonchev–Trinajstić information content (AvgIpc) is 3.31. The highest BCUT2D eigenvalue weighted by atomic mass is 16.5. The maximum absolute atomic E-state index is 13.2. The molecule has 2 aromatic carbocycles. The van der Waals surface area contributed by atoms with Gasteiger partial charge in [0.1, 0.15) is 5.75 Å². The number of ether oxygens (including phenoxy) is 1. The maximum atomic E-state index is 13.2. The van der Waals surface area contributed by atoms with Crippen LogP contribution >= 0.6 is 0 Å². The number of aromatic nitrogens is 3. The fourth-order valence-corrected chi connectivity index (χ4v) is 3.90. The van der Waals surface area contributed by atoms with Crippen LogP contribution in [0, 0.1) is 13.8 Å². The van der Waals surface area contributed by atoms with Crippen molar-refractivity contribution < 1.29 is 9.53 Å². The van der Waals surface area contributed by atoms with Crippen LogP contribution in [0.15, 0.2) is 53.8 Å². The molecule has 2 heterocycles. The van der Waals surface area contributed by atoms with E-state index in [1.165, 1.54) is 11.1 Å². The number of carbonyl (C=O) groups is 1. The summed E-state index contributed by atoms with van der Waals surface area (Å²) in [5.41, 5.74) is 5.22. The van der Waals surface area contributed by atoms with Crippen LogP contribution in [0.4, 0.5) is 0 Å². The first-order chi connectivity index (χ1) is 14.7. The van der Waals surface area contributed by atoms with E-state index in [-0.39, 0.29) is 11.6 Å². The molecule has 0 spiro atoms. The van der Waals surface area contributed by atoms with E-state index in [4.69, 9.17) is 9.84 Å². The molecule has 1 aliphatic rings. The molecule has 31 heavy (non-hydrogen) atoms. The minimum Gasteiger partial charge on any atom is -0.497 e. The van der Waals surface area contributed by atoms with Crippen LogP contribution in [0.25, 0.3) is 0 Å². The smallest absolute Gasteiger partial charge is 0.296 e. The third-order valence-electron chi connectivity index (χ3n) is 5.40. The molecule has 0 fully saturated rings. The van der Waals surface area contributed by atoms with Crippen molar-refractivity contribution in [3.8, 4) is 5.75 Å². The number of amides is 1. The van der Waals surface area contributed by atoms with E-state index < -0.39 is 5.54 Å². The first kappa shape index (κ1) is 20.8. The Morgan fingerprint density at radius 1 is 1.10 bits per heavy atom. The average molecular weight is 418 g/mol. The Kier molecular flexibility index (Phi) is 5.35. The molecule has 160 valence electrons. The van der Waals surface area contributed by atoms with E-state index >= 15 is 0 Å². The van der Waals surface area contributed by atoms with Crippen molar-refractivity contribution >= 4 is 11.6 Å². The number of hydrogen-bond acceptors (Lipinski definition) is 5. The summed E-state index contributed by atoms with van der Waals surface area (Å²) in [6, 6.07) is 14.1. The Balaban J connectivity index is 1.54. The summed E-state index contributed by atoms with van der Waals surface area (Å²) in [7, 11) is 1.64. The lowest BCUT2D eigenvalue weighted by molar-refractivity contribution is 0.0606. The lowest BCUT2D eigenvalue weighted by Gasteiger charge is -2.27. The Bertz CT molecular complexity index is 1120. The van der Waals surface area contributed by atoms with Crippen LogP contribution in [0.1, 0.15) is 53.0 Å². The molecule has 1 aromatic heterocycles. The zero-order valence-electron chi connectivity index (χ0n) is 18.6. The number of rotatable bonds is 5. The minimum absolute atomic E-state index is 0.245. The molecule has 3 aromatic rings. The SMILES string of the molecule is COc1ccc(Cn2cc(C(=O)N3N=C(c4cc(C)cc(C)c4)CC3(C)C)nn2)cc1. The van der Waals surface area contributed by atoms with Crippen molar-refractivity contribution in [3.63, 3.8) is 0 Å². The molecule has 0 aliphatic carbocycles. The van der Waals surface area contributed by atoms with Gasteiger partial charge in [-0.15, -0.1) is 5.10 Å². The van der Waals surface area contributed by atoms with Crippen LogP contribution in [0.3, 0.4) is 0 Å². The summed E-state index contributed by atoms with van der Waals surface area (Å²) in [4.78, 5) is 13.2. The first-order valence-electron chi connectivity index (χ1n) is 10.3. The van der Waals surface area contributed by atoms with E-state index in [0.717, 1.165) is 22.6 Å². The van der Waals surface area contributed by atoms with Gasteiger partial charge in [-0.3, -0.25) is 4.79 Å². The number of carbonyl (C=O) groups excluding carboxylic acids is 1. The Morgan fingerprint density at radius 2 is 1.77 bits per heavy atom. The molecule has 0 bridgehead atoms. The van der Waals surface area contributed by atoms with Crippen LogP contribution in [-0.4, -0.2) is 44.3 Å². The molecule has 0 radical (unpaired) electrons. The number of aryl methyl sites for hydroxylation is 2. The van der Waals surface area contributed by atoms with Crippen LogP contribution < -0.4 is 4.74 Å². The molecule has 1 amide bonds. The van der Waals surface area contributed by atoms with Gasteiger partial charge in [-0.25, -0.2) is 9.69 Å². The van der Waals surface area contributed by atoms with Gasteiger partial charge in [0.15, 0.2) is 5.69 Å². The van der Waals surface area contributed by atoms with Crippen molar-refractivity contribution in [2.24, 2.45) is 5.10 Å². The van der Waals surface area contributed by atoms with Crippen LogP contribution in [0.2, 0.25) is 0 Å². The molecular formula is C24H27N5O2. The quantitative estimate of drug-likeness (QED) is 0.629. The van der Waals surface area contributed by atoms with Gasteiger partial charge in [-0.05, 0) is 51.0 Å². The lowest BCUT2D eigenvalue weighted by atomic mass is 9.93. The minimum atomic E-state index is -0.441. The summed E-state index contributed by atoms with van der Waals surface area (Å²) in [6.45, 7) is 8.70. The standard InChI is InChI=1S/C24H27N5O2/c1-16-10-17(2)12-19(11-16)21-13-24(3,4)29(26-21)23(30)22-15-28(27-25-22)14-18-6-8-20(31-5)9-7-18/h6-12,15H,13-14H2,1-5H3. The summed E-state index contributed by atoms with van der Waals surface area (Å²) in [5.74, 6) is 0.553. The van der Waals surface area contributed by atoms with E-state index in [2.05, 4.69) is 42.4 Å². The highest BCUT2D eigenvalue weighted by Gasteiger charge is 2.39. The van der Waals surface area contributed by atoms with Gasteiger partial charge >= 0.3 is 0 Å². The Hall–Kier alpha value is -3.48. The monoisotopic (exact) mass is 417 g/mol. The summed E-state index contributed by atoms with van der Waals surface area (Å²) in [6.07, 6.45) is 2.36. The fourth-order valence-electron chi connectivity index (χ4n) is 3.90. The van der Waals surface area contributed by atoms with Gasteiger partial charge in [-0.1, -0.05) is 46.7 Å². The number of benzene rings is 2. The molecule has 0 saturated heterocycles. The van der Waals surface area contributed by atoms with Gasteiger partial charge in [0.2, 0.25) is 0 Å². The van der Waals surface area contributed by atoms with Gasteiger partial charge in [0, 0.05) is 6.42 Å². The Morgan fingerprint density at radius 3 is 2.42 bits per heavy atom. The zero-order valence-corrected chi connectivity index (χ0v) is 18.6. The predicted molar refractivity (Wildman–Crippen MR) is 119 cm³/mol. The number of nitrogens with zero attached hydrogens (tertiary/aromatic N) is 5. The number of methoxy groups -OCH3 is 1. The normalized spacial score (nSPS) is 15.1. The molecule has 0 N–H and O–H groups in total. The van der Waals surface area contributed by atoms with Crippen molar-refractivity contribution in [1.82, 2.24) is 20.0 Å². The van der Waals surface area contributed by atoms with Crippen molar-refractivity contribution in [3.05, 3.63) is 76.6 Å². The maximum Gasteiger partial charge on any atom is 0.296 e. The molecule has 0 unspecified atom stereocenters. The third-order valence-corrected chi connectivity index (χ3v) is 5.40.